The molecule has 1 amide bonds. The number of aliphatic hydroxyl groups is 5. The van der Waals surface area contributed by atoms with Gasteiger partial charge in [-0.2, -0.15) is 0 Å². The molecule has 1 heterocycles. The summed E-state index contributed by atoms with van der Waals surface area (Å²) in [6.45, 7) is 4.29. The number of rotatable bonds is 58. The molecule has 462 valence electrons. The molecule has 0 aliphatic carbocycles. The summed E-state index contributed by atoms with van der Waals surface area (Å²) in [4.78, 5) is 25.0. The molecule has 7 atom stereocenters. The zero-order valence-corrected chi connectivity index (χ0v) is 51.1. The summed E-state index contributed by atoms with van der Waals surface area (Å²) in [7, 11) is 0. The van der Waals surface area contributed by atoms with Gasteiger partial charge in [0.25, 0.3) is 0 Å². The van der Waals surface area contributed by atoms with Gasteiger partial charge in [-0.3, -0.25) is 9.59 Å². The Kier molecular flexibility index (Phi) is 54.3. The van der Waals surface area contributed by atoms with Gasteiger partial charge in [-0.25, -0.2) is 0 Å². The number of allylic oxidation sites excluding steroid dienone is 7. The number of carbonyl (C=O) groups is 2. The molecule has 0 aromatic heterocycles. The number of amides is 1. The zero-order chi connectivity index (χ0) is 57.3. The summed E-state index contributed by atoms with van der Waals surface area (Å²) >= 11 is 0. The predicted octanol–water partition coefficient (Wildman–Crippen LogP) is 16.4. The molecule has 0 radical (unpaired) electrons. The monoisotopic (exact) mass is 1120 g/mol. The highest BCUT2D eigenvalue weighted by atomic mass is 16.7. The molecule has 1 fully saturated rings. The quantitative estimate of drug-likeness (QED) is 0.0195. The van der Waals surface area contributed by atoms with E-state index in [0.29, 0.717) is 19.4 Å². The van der Waals surface area contributed by atoms with E-state index >= 15 is 0 Å². The summed E-state index contributed by atoms with van der Waals surface area (Å²) in [5.74, 6) is -0.189. The number of esters is 1. The van der Waals surface area contributed by atoms with Crippen LogP contribution in [0.25, 0.3) is 0 Å². The Morgan fingerprint density at radius 2 is 0.861 bits per heavy atom. The van der Waals surface area contributed by atoms with Crippen molar-refractivity contribution in [1.82, 2.24) is 5.32 Å². The van der Waals surface area contributed by atoms with Crippen molar-refractivity contribution in [3.63, 3.8) is 0 Å². The van der Waals surface area contributed by atoms with Gasteiger partial charge in [-0.05, 0) is 77.0 Å². The van der Waals surface area contributed by atoms with Crippen molar-refractivity contribution < 1.29 is 49.3 Å². The molecular weight excluding hydrogens is 991 g/mol. The minimum absolute atomic E-state index is 0.00444. The summed E-state index contributed by atoms with van der Waals surface area (Å²) < 4.78 is 16.7. The van der Waals surface area contributed by atoms with Gasteiger partial charge in [0.15, 0.2) is 6.29 Å². The number of ether oxygens (including phenoxy) is 3. The van der Waals surface area contributed by atoms with Gasteiger partial charge < -0.3 is 45.1 Å². The molecule has 1 rings (SSSR count). The number of unbranched alkanes of at least 4 members (excludes halogenated alkanes) is 38. The van der Waals surface area contributed by atoms with Crippen molar-refractivity contribution in [2.75, 3.05) is 19.8 Å². The molecule has 11 nitrogen and oxygen atoms in total. The average molecular weight is 1120 g/mol. The molecule has 11 heteroatoms. The average Bonchev–Trinajstić information content (AvgIpc) is 3.49. The fourth-order valence-electron chi connectivity index (χ4n) is 10.4. The Hall–Kier alpha value is -2.38. The van der Waals surface area contributed by atoms with Gasteiger partial charge in [0.1, 0.15) is 24.4 Å². The number of aliphatic hydroxyl groups excluding tert-OH is 5. The summed E-state index contributed by atoms with van der Waals surface area (Å²) in [6, 6.07) is -0.826. The Morgan fingerprint density at radius 1 is 0.468 bits per heavy atom. The second-order valence-electron chi connectivity index (χ2n) is 23.2. The van der Waals surface area contributed by atoms with Crippen molar-refractivity contribution in [3.8, 4) is 0 Å². The smallest absolute Gasteiger partial charge is 0.305 e. The fraction of sp³-hybridized carbons (Fsp3) is 0.853. The lowest BCUT2D eigenvalue weighted by molar-refractivity contribution is -0.302. The van der Waals surface area contributed by atoms with Crippen LogP contribution < -0.4 is 5.32 Å². The first-order chi connectivity index (χ1) is 38.7. The third-order valence-electron chi connectivity index (χ3n) is 15.7. The molecule has 0 bridgehead atoms. The van der Waals surface area contributed by atoms with E-state index in [9.17, 15) is 35.1 Å². The van der Waals surface area contributed by atoms with Crippen LogP contribution in [-0.4, -0.2) is 100 Å². The molecule has 0 saturated carbocycles. The topological polar surface area (TPSA) is 175 Å². The van der Waals surface area contributed by atoms with E-state index in [1.807, 2.05) is 6.08 Å². The minimum atomic E-state index is -1.58. The van der Waals surface area contributed by atoms with E-state index in [1.165, 1.54) is 218 Å². The van der Waals surface area contributed by atoms with E-state index in [4.69, 9.17) is 14.2 Å². The predicted molar refractivity (Wildman–Crippen MR) is 329 cm³/mol. The van der Waals surface area contributed by atoms with Crippen LogP contribution >= 0.6 is 0 Å². The van der Waals surface area contributed by atoms with Gasteiger partial charge in [0, 0.05) is 12.8 Å². The first-order valence-corrected chi connectivity index (χ1v) is 33.4. The minimum Gasteiger partial charge on any atom is -0.466 e. The van der Waals surface area contributed by atoms with Crippen LogP contribution in [0.15, 0.2) is 48.6 Å². The summed E-state index contributed by atoms with van der Waals surface area (Å²) in [5.41, 5.74) is 0. The van der Waals surface area contributed by atoms with Crippen molar-refractivity contribution >= 4 is 11.9 Å². The molecule has 0 aromatic rings. The van der Waals surface area contributed by atoms with Crippen LogP contribution in [0, 0.1) is 0 Å². The van der Waals surface area contributed by atoms with E-state index in [0.717, 1.165) is 64.2 Å². The van der Waals surface area contributed by atoms with Crippen LogP contribution in [0.5, 0.6) is 0 Å². The lowest BCUT2D eigenvalue weighted by Gasteiger charge is -2.40. The summed E-state index contributed by atoms with van der Waals surface area (Å²) in [6.07, 6.45) is 64.0. The van der Waals surface area contributed by atoms with E-state index < -0.39 is 49.5 Å². The van der Waals surface area contributed by atoms with E-state index in [2.05, 4.69) is 55.6 Å². The SMILES string of the molecule is CCCCC/C=C/CC/C=C/C(O)C(COC1OC(CO)C(O)C(O)C1O)NC(=O)CCCCCCCCCCCCCCCCC/C=C\C/C=C\CCCCCCCCCCCOC(=O)CCCCCCCCCCCCC. The van der Waals surface area contributed by atoms with Gasteiger partial charge in [-0.1, -0.05) is 268 Å². The van der Waals surface area contributed by atoms with Gasteiger partial charge in [-0.15, -0.1) is 0 Å². The van der Waals surface area contributed by atoms with Crippen molar-refractivity contribution in [2.24, 2.45) is 0 Å². The first kappa shape index (κ1) is 74.6. The third-order valence-corrected chi connectivity index (χ3v) is 15.7. The normalized spacial score (nSPS) is 18.7. The van der Waals surface area contributed by atoms with Gasteiger partial charge in [0.05, 0.1) is 32.0 Å². The Bertz CT molecular complexity index is 1450. The second-order valence-corrected chi connectivity index (χ2v) is 23.2. The van der Waals surface area contributed by atoms with Crippen molar-refractivity contribution in [3.05, 3.63) is 48.6 Å². The number of carbonyl (C=O) groups excluding carboxylic acids is 2. The Morgan fingerprint density at radius 3 is 1.35 bits per heavy atom. The molecular formula is C68H125NO10. The van der Waals surface area contributed by atoms with E-state index in [1.54, 1.807) is 6.08 Å². The van der Waals surface area contributed by atoms with Gasteiger partial charge >= 0.3 is 5.97 Å². The van der Waals surface area contributed by atoms with E-state index in [-0.39, 0.29) is 18.5 Å². The summed E-state index contributed by atoms with van der Waals surface area (Å²) in [5, 5.41) is 54.2. The van der Waals surface area contributed by atoms with Crippen LogP contribution in [0.4, 0.5) is 0 Å². The molecule has 7 unspecified atom stereocenters. The number of nitrogens with one attached hydrogen (secondary N) is 1. The van der Waals surface area contributed by atoms with Crippen molar-refractivity contribution in [2.45, 2.75) is 352 Å². The molecule has 1 aliphatic rings. The lowest BCUT2D eigenvalue weighted by atomic mass is 9.99. The third kappa shape index (κ3) is 46.8. The molecule has 6 N–H and O–H groups in total. The van der Waals surface area contributed by atoms with Crippen LogP contribution in [-0.2, 0) is 23.8 Å². The lowest BCUT2D eigenvalue weighted by Crippen LogP contribution is -2.60. The molecule has 79 heavy (non-hydrogen) atoms. The highest BCUT2D eigenvalue weighted by Gasteiger charge is 2.44. The Balaban J connectivity index is 1.95. The highest BCUT2D eigenvalue weighted by Crippen LogP contribution is 2.23. The van der Waals surface area contributed by atoms with Crippen LogP contribution in [0.1, 0.15) is 309 Å². The zero-order valence-electron chi connectivity index (χ0n) is 51.1. The number of hydrogen-bond acceptors (Lipinski definition) is 10. The maximum Gasteiger partial charge on any atom is 0.305 e. The van der Waals surface area contributed by atoms with Crippen molar-refractivity contribution in [1.29, 1.82) is 0 Å². The van der Waals surface area contributed by atoms with Crippen LogP contribution in [0.2, 0.25) is 0 Å². The standard InChI is InChI=1S/C68H125NO10/c1-3-5-7-9-11-13-35-40-44-48-52-56-64(73)77-57-53-49-45-41-37-34-32-30-28-26-24-22-20-18-16-14-15-17-19-21-23-25-27-29-31-33-36-39-43-47-51-55-63(72)69-60(61(71)54-50-46-42-38-12-10-8-6-4-2)59-78-68-67(76)66(75)65(74)62(58-70)79-68/h12,16,18,22,24,38,50,54,60-62,65-68,70-71,74-76H,3-11,13-15,17,19-21,23,25-37,39-49,51-53,55-59H2,1-2H3,(H,69,72)/b18-16-,24-22-,38-12+,54-50+. The maximum atomic E-state index is 13.0. The number of hydrogen-bond donors (Lipinski definition) is 6. The first-order valence-electron chi connectivity index (χ1n) is 33.4. The Labute approximate surface area is 485 Å². The second kappa shape index (κ2) is 57.4. The fourth-order valence-corrected chi connectivity index (χ4v) is 10.4. The highest BCUT2D eigenvalue weighted by molar-refractivity contribution is 5.76. The molecule has 1 saturated heterocycles. The molecule has 0 spiro atoms. The molecule has 1 aliphatic heterocycles. The van der Waals surface area contributed by atoms with Gasteiger partial charge in [0.2, 0.25) is 5.91 Å². The molecule has 0 aromatic carbocycles. The van der Waals surface area contributed by atoms with Crippen LogP contribution in [0.3, 0.4) is 0 Å². The largest absolute Gasteiger partial charge is 0.466 e. The maximum absolute atomic E-state index is 13.0.